The van der Waals surface area contributed by atoms with Gasteiger partial charge < -0.3 is 9.47 Å². The Kier molecular flexibility index (Phi) is 8.61. The molecule has 0 aliphatic carbocycles. The van der Waals surface area contributed by atoms with E-state index in [9.17, 15) is 9.59 Å². The molecule has 0 aromatic heterocycles. The molecule has 0 aliphatic heterocycles. The van der Waals surface area contributed by atoms with Crippen molar-refractivity contribution in [3.8, 4) is 11.5 Å². The van der Waals surface area contributed by atoms with Crippen LogP contribution in [-0.2, 0) is 0 Å². The number of carbonyl (C=O) groups excluding carboxylic acids is 2. The third-order valence-electron chi connectivity index (χ3n) is 5.18. The summed E-state index contributed by atoms with van der Waals surface area (Å²) in [5.41, 5.74) is 2.26. The van der Waals surface area contributed by atoms with Gasteiger partial charge in [-0.15, -0.1) is 0 Å². The van der Waals surface area contributed by atoms with Crippen LogP contribution in [0.5, 0.6) is 11.5 Å². The molecule has 0 bridgehead atoms. The van der Waals surface area contributed by atoms with Gasteiger partial charge in [0.2, 0.25) is 0 Å². The molecule has 3 aromatic carbocycles. The molecule has 0 aliphatic rings. The Morgan fingerprint density at radius 3 is 1.09 bits per heavy atom. The van der Waals surface area contributed by atoms with Crippen LogP contribution in [0.25, 0.3) is 0 Å². The van der Waals surface area contributed by atoms with E-state index in [1.54, 1.807) is 48.5 Å². The lowest BCUT2D eigenvalue weighted by Gasteiger charge is -2.08. The van der Waals surface area contributed by atoms with Crippen molar-refractivity contribution in [2.45, 2.75) is 39.5 Å². The summed E-state index contributed by atoms with van der Waals surface area (Å²) in [5, 5.41) is 0. The predicted octanol–water partition coefficient (Wildman–Crippen LogP) is 6.51. The van der Waals surface area contributed by atoms with Crippen molar-refractivity contribution in [2.75, 3.05) is 13.2 Å². The lowest BCUT2D eigenvalue weighted by Crippen LogP contribution is -2.05. The van der Waals surface area contributed by atoms with Gasteiger partial charge in [-0.1, -0.05) is 51.0 Å². The fourth-order valence-corrected chi connectivity index (χ4v) is 3.18. The summed E-state index contributed by atoms with van der Waals surface area (Å²) in [4.78, 5) is 25.6. The molecule has 0 radical (unpaired) electrons. The van der Waals surface area contributed by atoms with Gasteiger partial charge in [-0.25, -0.2) is 0 Å². The van der Waals surface area contributed by atoms with E-state index in [2.05, 4.69) is 13.8 Å². The zero-order valence-corrected chi connectivity index (χ0v) is 18.8. The topological polar surface area (TPSA) is 52.6 Å². The molecular weight excluding hydrogens is 400 g/mol. The van der Waals surface area contributed by atoms with Crippen molar-refractivity contribution < 1.29 is 19.1 Å². The number of carbonyl (C=O) groups is 2. The van der Waals surface area contributed by atoms with E-state index in [4.69, 9.17) is 9.47 Å². The highest BCUT2D eigenvalue weighted by Gasteiger charge is 2.13. The highest BCUT2D eigenvalue weighted by molar-refractivity contribution is 6.11. The largest absolute Gasteiger partial charge is 0.494 e. The maximum absolute atomic E-state index is 12.8. The molecule has 0 amide bonds. The Bertz CT molecular complexity index is 918. The van der Waals surface area contributed by atoms with Crippen molar-refractivity contribution in [1.82, 2.24) is 0 Å². The Morgan fingerprint density at radius 2 is 0.812 bits per heavy atom. The van der Waals surface area contributed by atoms with Gasteiger partial charge in [-0.2, -0.15) is 0 Å². The Hall–Kier alpha value is -3.40. The first-order chi connectivity index (χ1) is 15.6. The number of ketones is 2. The van der Waals surface area contributed by atoms with Gasteiger partial charge in [0.05, 0.1) is 13.2 Å². The van der Waals surface area contributed by atoms with Gasteiger partial charge in [0, 0.05) is 22.3 Å². The Balaban J connectivity index is 1.62. The van der Waals surface area contributed by atoms with E-state index in [1.165, 1.54) is 0 Å². The van der Waals surface area contributed by atoms with Crippen LogP contribution in [0.1, 0.15) is 71.4 Å². The number of rotatable bonds is 12. The van der Waals surface area contributed by atoms with E-state index < -0.39 is 0 Å². The molecule has 4 nitrogen and oxygen atoms in total. The van der Waals surface area contributed by atoms with Crippen LogP contribution in [-0.4, -0.2) is 24.8 Å². The molecule has 0 N–H and O–H groups in total. The maximum atomic E-state index is 12.8. The summed E-state index contributed by atoms with van der Waals surface area (Å²) >= 11 is 0. The molecule has 0 unspecified atom stereocenters. The van der Waals surface area contributed by atoms with Crippen LogP contribution in [0.15, 0.2) is 72.8 Å². The fourth-order valence-electron chi connectivity index (χ4n) is 3.18. The summed E-state index contributed by atoms with van der Waals surface area (Å²) in [7, 11) is 0. The molecule has 3 rings (SSSR count). The summed E-state index contributed by atoms with van der Waals surface area (Å²) in [6, 6.07) is 21.1. The second-order valence-electron chi connectivity index (χ2n) is 7.69. The summed E-state index contributed by atoms with van der Waals surface area (Å²) in [5.74, 6) is 1.35. The fraction of sp³-hybridized carbons (Fsp3) is 0.286. The number of unbranched alkanes of at least 4 members (excludes halogenated alkanes) is 2. The third-order valence-corrected chi connectivity index (χ3v) is 5.18. The molecule has 3 aromatic rings. The van der Waals surface area contributed by atoms with E-state index >= 15 is 0 Å². The van der Waals surface area contributed by atoms with Crippen LogP contribution in [0, 0.1) is 0 Å². The number of hydrogen-bond acceptors (Lipinski definition) is 4. The van der Waals surface area contributed by atoms with E-state index in [0.717, 1.165) is 37.2 Å². The smallest absolute Gasteiger partial charge is 0.193 e. The first-order valence-corrected chi connectivity index (χ1v) is 11.3. The third kappa shape index (κ3) is 6.30. The van der Waals surface area contributed by atoms with Crippen LogP contribution in [0.2, 0.25) is 0 Å². The molecule has 0 saturated carbocycles. The van der Waals surface area contributed by atoms with Crippen LogP contribution >= 0.6 is 0 Å². The predicted molar refractivity (Wildman–Crippen MR) is 127 cm³/mol. The number of hydrogen-bond donors (Lipinski definition) is 0. The standard InChI is InChI=1S/C28H30O4/c1-3-5-19-31-25-15-11-23(12-16-25)27(29)21-7-9-22(10-8-21)28(30)24-13-17-26(18-14-24)32-20-6-4-2/h7-18H,3-6,19-20H2,1-2H3. The first-order valence-electron chi connectivity index (χ1n) is 11.3. The van der Waals surface area contributed by atoms with Gasteiger partial charge >= 0.3 is 0 Å². The highest BCUT2D eigenvalue weighted by Crippen LogP contribution is 2.19. The Labute approximate surface area is 190 Å². The average Bonchev–Trinajstić information content (AvgIpc) is 2.84. The molecular formula is C28H30O4. The Morgan fingerprint density at radius 1 is 0.531 bits per heavy atom. The van der Waals surface area contributed by atoms with Crippen molar-refractivity contribution in [3.05, 3.63) is 95.1 Å². The molecule has 4 heteroatoms. The number of ether oxygens (including phenoxy) is 2. The van der Waals surface area contributed by atoms with Crippen LogP contribution < -0.4 is 9.47 Å². The van der Waals surface area contributed by atoms with E-state index in [1.807, 2.05) is 24.3 Å². The van der Waals surface area contributed by atoms with Gasteiger partial charge in [0.1, 0.15) is 11.5 Å². The average molecular weight is 431 g/mol. The van der Waals surface area contributed by atoms with Gasteiger partial charge in [0.25, 0.3) is 0 Å². The van der Waals surface area contributed by atoms with Crippen molar-refractivity contribution >= 4 is 11.6 Å². The zero-order valence-electron chi connectivity index (χ0n) is 18.8. The lowest BCUT2D eigenvalue weighted by atomic mass is 9.98. The monoisotopic (exact) mass is 430 g/mol. The molecule has 0 spiro atoms. The minimum atomic E-state index is -0.0855. The normalized spacial score (nSPS) is 10.6. The number of benzene rings is 3. The minimum absolute atomic E-state index is 0.0855. The first kappa shape index (κ1) is 23.3. The molecule has 0 heterocycles. The minimum Gasteiger partial charge on any atom is -0.494 e. The molecule has 0 fully saturated rings. The van der Waals surface area contributed by atoms with Crippen LogP contribution in [0.3, 0.4) is 0 Å². The van der Waals surface area contributed by atoms with Crippen molar-refractivity contribution in [2.24, 2.45) is 0 Å². The zero-order chi connectivity index (χ0) is 22.8. The quantitative estimate of drug-likeness (QED) is 0.243. The van der Waals surface area contributed by atoms with Gasteiger partial charge in [-0.05, 0) is 61.4 Å². The van der Waals surface area contributed by atoms with E-state index in [0.29, 0.717) is 35.5 Å². The maximum Gasteiger partial charge on any atom is 0.193 e. The second kappa shape index (κ2) is 11.8. The van der Waals surface area contributed by atoms with Crippen molar-refractivity contribution in [1.29, 1.82) is 0 Å². The van der Waals surface area contributed by atoms with Crippen molar-refractivity contribution in [3.63, 3.8) is 0 Å². The summed E-state index contributed by atoms with van der Waals surface area (Å²) in [6.07, 6.45) is 4.16. The SMILES string of the molecule is CCCCOc1ccc(C(=O)c2ccc(C(=O)c3ccc(OCCCC)cc3)cc2)cc1. The molecule has 0 saturated heterocycles. The highest BCUT2D eigenvalue weighted by atomic mass is 16.5. The summed E-state index contributed by atoms with van der Waals surface area (Å²) in [6.45, 7) is 5.58. The second-order valence-corrected chi connectivity index (χ2v) is 7.69. The van der Waals surface area contributed by atoms with Crippen LogP contribution in [0.4, 0.5) is 0 Å². The van der Waals surface area contributed by atoms with Gasteiger partial charge in [-0.3, -0.25) is 9.59 Å². The summed E-state index contributed by atoms with van der Waals surface area (Å²) < 4.78 is 11.3. The molecule has 32 heavy (non-hydrogen) atoms. The molecule has 166 valence electrons. The molecule has 0 atom stereocenters. The lowest BCUT2D eigenvalue weighted by molar-refractivity contribution is 0.102. The van der Waals surface area contributed by atoms with E-state index in [-0.39, 0.29) is 11.6 Å². The van der Waals surface area contributed by atoms with Gasteiger partial charge in [0.15, 0.2) is 11.6 Å².